The largest absolute Gasteiger partial charge is 0.351 e. The van der Waals surface area contributed by atoms with Crippen LogP contribution in [-0.2, 0) is 17.8 Å². The summed E-state index contributed by atoms with van der Waals surface area (Å²) in [6.45, 7) is 2.81. The van der Waals surface area contributed by atoms with Gasteiger partial charge in [-0.1, -0.05) is 13.0 Å². The Morgan fingerprint density at radius 1 is 1.42 bits per heavy atom. The van der Waals surface area contributed by atoms with Gasteiger partial charge in [-0.15, -0.1) is 0 Å². The summed E-state index contributed by atoms with van der Waals surface area (Å²) in [6, 6.07) is 3.87. The predicted octanol–water partition coefficient (Wildman–Crippen LogP) is 1.42. The second-order valence-electron chi connectivity index (χ2n) is 4.47. The number of nitrogens with one attached hydrogen (secondary N) is 1. The van der Waals surface area contributed by atoms with Crippen LogP contribution in [0.3, 0.4) is 0 Å². The SMILES string of the molecule is CC[C@@H](Cn1ccnc1)NC(=O)Cc1cccnc1. The lowest BCUT2D eigenvalue weighted by molar-refractivity contribution is -0.121. The molecule has 2 aromatic heterocycles. The minimum Gasteiger partial charge on any atom is -0.351 e. The van der Waals surface area contributed by atoms with Crippen LogP contribution in [0.5, 0.6) is 0 Å². The average molecular weight is 258 g/mol. The zero-order chi connectivity index (χ0) is 13.5. The van der Waals surface area contributed by atoms with E-state index >= 15 is 0 Å². The number of hydrogen-bond acceptors (Lipinski definition) is 3. The molecule has 0 unspecified atom stereocenters. The van der Waals surface area contributed by atoms with Gasteiger partial charge >= 0.3 is 0 Å². The Balaban J connectivity index is 1.86. The number of imidazole rings is 1. The van der Waals surface area contributed by atoms with Crippen LogP contribution in [0.1, 0.15) is 18.9 Å². The molecule has 0 aliphatic rings. The molecule has 0 aromatic carbocycles. The zero-order valence-electron chi connectivity index (χ0n) is 11.0. The van der Waals surface area contributed by atoms with Crippen LogP contribution in [0.4, 0.5) is 0 Å². The van der Waals surface area contributed by atoms with Crippen molar-refractivity contribution in [3.05, 3.63) is 48.8 Å². The fourth-order valence-corrected chi connectivity index (χ4v) is 1.89. The minimum absolute atomic E-state index is 0.0277. The van der Waals surface area contributed by atoms with Crippen molar-refractivity contribution in [1.29, 1.82) is 0 Å². The monoisotopic (exact) mass is 258 g/mol. The smallest absolute Gasteiger partial charge is 0.224 e. The van der Waals surface area contributed by atoms with Crippen molar-refractivity contribution < 1.29 is 4.79 Å². The van der Waals surface area contributed by atoms with Crippen molar-refractivity contribution in [2.75, 3.05) is 0 Å². The lowest BCUT2D eigenvalue weighted by atomic mass is 10.1. The van der Waals surface area contributed by atoms with Crippen LogP contribution in [-0.4, -0.2) is 26.5 Å². The van der Waals surface area contributed by atoms with Crippen LogP contribution < -0.4 is 5.32 Å². The summed E-state index contributed by atoms with van der Waals surface area (Å²) >= 11 is 0. The van der Waals surface area contributed by atoms with Crippen LogP contribution in [0.25, 0.3) is 0 Å². The lowest BCUT2D eigenvalue weighted by Crippen LogP contribution is -2.38. The fraction of sp³-hybridized carbons (Fsp3) is 0.357. The van der Waals surface area contributed by atoms with Crippen molar-refractivity contribution in [3.8, 4) is 0 Å². The van der Waals surface area contributed by atoms with E-state index in [9.17, 15) is 4.79 Å². The molecule has 100 valence electrons. The van der Waals surface area contributed by atoms with E-state index in [0.29, 0.717) is 6.42 Å². The van der Waals surface area contributed by atoms with E-state index < -0.39 is 0 Å². The molecule has 2 aromatic rings. The van der Waals surface area contributed by atoms with Gasteiger partial charge in [-0.2, -0.15) is 0 Å². The first-order valence-corrected chi connectivity index (χ1v) is 6.42. The first-order valence-electron chi connectivity index (χ1n) is 6.42. The Kier molecular flexibility index (Phi) is 4.66. The second-order valence-corrected chi connectivity index (χ2v) is 4.47. The highest BCUT2D eigenvalue weighted by molar-refractivity contribution is 5.78. The number of rotatable bonds is 6. The Morgan fingerprint density at radius 3 is 2.95 bits per heavy atom. The summed E-state index contributed by atoms with van der Waals surface area (Å²) in [4.78, 5) is 20.0. The maximum atomic E-state index is 11.9. The van der Waals surface area contributed by atoms with E-state index in [0.717, 1.165) is 18.5 Å². The maximum Gasteiger partial charge on any atom is 0.224 e. The number of pyridine rings is 1. The molecule has 5 nitrogen and oxygen atoms in total. The van der Waals surface area contributed by atoms with Crippen molar-refractivity contribution >= 4 is 5.91 Å². The number of amides is 1. The molecule has 5 heteroatoms. The summed E-state index contributed by atoms with van der Waals surface area (Å²) in [5, 5.41) is 3.04. The molecule has 0 aliphatic carbocycles. The van der Waals surface area contributed by atoms with Crippen LogP contribution in [0.15, 0.2) is 43.2 Å². The second kappa shape index (κ2) is 6.68. The average Bonchev–Trinajstić information content (AvgIpc) is 2.92. The predicted molar refractivity (Wildman–Crippen MR) is 72.4 cm³/mol. The molecule has 19 heavy (non-hydrogen) atoms. The van der Waals surface area contributed by atoms with Gasteiger partial charge in [0.25, 0.3) is 0 Å². The van der Waals surface area contributed by atoms with Crippen molar-refractivity contribution in [3.63, 3.8) is 0 Å². The van der Waals surface area contributed by atoms with Crippen LogP contribution >= 0.6 is 0 Å². The molecule has 1 N–H and O–H groups in total. The molecule has 0 saturated heterocycles. The molecule has 1 amide bonds. The first kappa shape index (κ1) is 13.3. The minimum atomic E-state index is 0.0277. The standard InChI is InChI=1S/C14H18N4O/c1-2-13(10-18-7-6-16-11-18)17-14(19)8-12-4-3-5-15-9-12/h3-7,9,11,13H,2,8,10H2,1H3,(H,17,19)/t13-/m0/s1. The summed E-state index contributed by atoms with van der Waals surface area (Å²) in [6.07, 6.45) is 10.1. The van der Waals surface area contributed by atoms with Gasteiger partial charge < -0.3 is 9.88 Å². The molecule has 1 atom stereocenters. The highest BCUT2D eigenvalue weighted by Gasteiger charge is 2.11. The van der Waals surface area contributed by atoms with Crippen molar-refractivity contribution in [2.24, 2.45) is 0 Å². The third-order valence-corrected chi connectivity index (χ3v) is 2.94. The number of carbonyl (C=O) groups is 1. The number of nitrogens with zero attached hydrogens (tertiary/aromatic N) is 3. The van der Waals surface area contributed by atoms with Gasteiger partial charge in [-0.3, -0.25) is 9.78 Å². The molecule has 2 rings (SSSR count). The Labute approximate surface area is 112 Å². The normalized spacial score (nSPS) is 12.1. The van der Waals surface area contributed by atoms with E-state index in [2.05, 4.69) is 22.2 Å². The molecular formula is C14H18N4O. The van der Waals surface area contributed by atoms with Gasteiger partial charge in [-0.05, 0) is 18.1 Å². The van der Waals surface area contributed by atoms with E-state index in [-0.39, 0.29) is 11.9 Å². The summed E-state index contributed by atoms with van der Waals surface area (Å²) in [5.74, 6) is 0.0277. The molecule has 0 spiro atoms. The van der Waals surface area contributed by atoms with Crippen LogP contribution in [0.2, 0.25) is 0 Å². The Morgan fingerprint density at radius 2 is 2.32 bits per heavy atom. The zero-order valence-corrected chi connectivity index (χ0v) is 11.0. The van der Waals surface area contributed by atoms with Crippen LogP contribution in [0, 0.1) is 0 Å². The third kappa shape index (κ3) is 4.21. The first-order chi connectivity index (χ1) is 9.28. The maximum absolute atomic E-state index is 11.9. The lowest BCUT2D eigenvalue weighted by Gasteiger charge is -2.17. The van der Waals surface area contributed by atoms with Gasteiger partial charge in [0.2, 0.25) is 5.91 Å². The van der Waals surface area contributed by atoms with Crippen molar-refractivity contribution in [2.45, 2.75) is 32.4 Å². The fourth-order valence-electron chi connectivity index (χ4n) is 1.89. The van der Waals surface area contributed by atoms with Gasteiger partial charge in [0, 0.05) is 37.4 Å². The van der Waals surface area contributed by atoms with Gasteiger partial charge in [0.05, 0.1) is 12.7 Å². The highest BCUT2D eigenvalue weighted by atomic mass is 16.1. The van der Waals surface area contributed by atoms with Crippen molar-refractivity contribution in [1.82, 2.24) is 19.9 Å². The van der Waals surface area contributed by atoms with E-state index in [1.807, 2.05) is 22.9 Å². The number of carbonyl (C=O) groups excluding carboxylic acids is 1. The molecular weight excluding hydrogens is 240 g/mol. The summed E-state index contributed by atoms with van der Waals surface area (Å²) < 4.78 is 1.97. The highest BCUT2D eigenvalue weighted by Crippen LogP contribution is 2.00. The Hall–Kier alpha value is -2.17. The number of hydrogen-bond donors (Lipinski definition) is 1. The van der Waals surface area contributed by atoms with Gasteiger partial charge in [-0.25, -0.2) is 4.98 Å². The number of aromatic nitrogens is 3. The van der Waals surface area contributed by atoms with Gasteiger partial charge in [0.1, 0.15) is 0 Å². The molecule has 0 bridgehead atoms. The topological polar surface area (TPSA) is 59.8 Å². The van der Waals surface area contributed by atoms with Gasteiger partial charge in [0.15, 0.2) is 0 Å². The van der Waals surface area contributed by atoms with E-state index in [4.69, 9.17) is 0 Å². The summed E-state index contributed by atoms with van der Waals surface area (Å²) in [7, 11) is 0. The van der Waals surface area contributed by atoms with E-state index in [1.54, 1.807) is 24.9 Å². The summed E-state index contributed by atoms with van der Waals surface area (Å²) in [5.41, 5.74) is 0.928. The molecule has 0 fully saturated rings. The van der Waals surface area contributed by atoms with E-state index in [1.165, 1.54) is 0 Å². The molecule has 2 heterocycles. The third-order valence-electron chi connectivity index (χ3n) is 2.94. The quantitative estimate of drug-likeness (QED) is 0.852. The molecule has 0 aliphatic heterocycles. The molecule has 0 radical (unpaired) electrons. The molecule has 0 saturated carbocycles. The Bertz CT molecular complexity index is 495.